The van der Waals surface area contributed by atoms with Crippen molar-refractivity contribution in [3.8, 4) is 12.3 Å². The molecule has 0 bridgehead atoms. The van der Waals surface area contributed by atoms with E-state index >= 15 is 0 Å². The van der Waals surface area contributed by atoms with Gasteiger partial charge in [0.15, 0.2) is 5.69 Å². The van der Waals surface area contributed by atoms with Crippen molar-refractivity contribution in [1.29, 1.82) is 0 Å². The lowest BCUT2D eigenvalue weighted by atomic mass is 9.94. The van der Waals surface area contributed by atoms with Gasteiger partial charge in [0, 0.05) is 0 Å². The number of nitrogens with zero attached hydrogens (tertiary/aromatic N) is 1. The molecule has 0 aliphatic rings. The van der Waals surface area contributed by atoms with E-state index in [2.05, 4.69) is 15.6 Å². The highest BCUT2D eigenvalue weighted by Gasteiger charge is 2.28. The summed E-state index contributed by atoms with van der Waals surface area (Å²) in [6, 6.07) is 0. The minimum Gasteiger partial charge on any atom is -0.334 e. The molecule has 0 aliphatic heterocycles. The Bertz CT molecular complexity index is 461. The molecule has 6 heteroatoms. The summed E-state index contributed by atoms with van der Waals surface area (Å²) in [7, 11) is 0. The summed E-state index contributed by atoms with van der Waals surface area (Å²) < 4.78 is 4.20. The average molecular weight is 291 g/mol. The molecule has 0 radical (unpaired) electrons. The quantitative estimate of drug-likeness (QED) is 0.864. The summed E-state index contributed by atoms with van der Waals surface area (Å²) >= 11 is 12.6. The van der Waals surface area contributed by atoms with Crippen molar-refractivity contribution in [3.63, 3.8) is 0 Å². The van der Waals surface area contributed by atoms with Gasteiger partial charge < -0.3 is 5.32 Å². The van der Waals surface area contributed by atoms with Crippen LogP contribution in [0.2, 0.25) is 9.36 Å². The Labute approximate surface area is 115 Å². The van der Waals surface area contributed by atoms with Gasteiger partial charge in [-0.1, -0.05) is 43.0 Å². The van der Waals surface area contributed by atoms with Gasteiger partial charge in [-0.05, 0) is 24.4 Å². The molecule has 1 aromatic rings. The van der Waals surface area contributed by atoms with E-state index in [1.807, 2.05) is 13.8 Å². The van der Waals surface area contributed by atoms with E-state index in [0.717, 1.165) is 11.5 Å². The Morgan fingerprint density at radius 3 is 2.47 bits per heavy atom. The number of carbonyl (C=O) groups excluding carboxylic acids is 1. The highest BCUT2D eigenvalue weighted by molar-refractivity contribution is 7.11. The number of carbonyl (C=O) groups is 1. The van der Waals surface area contributed by atoms with E-state index in [0.29, 0.717) is 17.2 Å². The number of rotatable bonds is 4. The summed E-state index contributed by atoms with van der Waals surface area (Å²) in [6.07, 6.45) is 6.74. The molecule has 3 nitrogen and oxygen atoms in total. The molecule has 1 rings (SSSR count). The Balaban J connectivity index is 2.93. The molecule has 0 unspecified atom stereocenters. The molecule has 0 fully saturated rings. The summed E-state index contributed by atoms with van der Waals surface area (Å²) in [4.78, 5) is 12.0. The first kappa shape index (κ1) is 14.3. The topological polar surface area (TPSA) is 42.0 Å². The van der Waals surface area contributed by atoms with Crippen molar-refractivity contribution in [2.75, 3.05) is 0 Å². The van der Waals surface area contributed by atoms with Crippen molar-refractivity contribution in [3.05, 3.63) is 15.1 Å². The third-order valence-electron chi connectivity index (χ3n) is 2.65. The zero-order valence-corrected chi connectivity index (χ0v) is 11.8. The van der Waals surface area contributed by atoms with Gasteiger partial charge in [-0.3, -0.25) is 4.79 Å². The smallest absolute Gasteiger partial charge is 0.273 e. The van der Waals surface area contributed by atoms with Crippen molar-refractivity contribution in [1.82, 2.24) is 9.69 Å². The molecular weight excluding hydrogens is 279 g/mol. The Morgan fingerprint density at radius 1 is 1.53 bits per heavy atom. The first-order chi connectivity index (χ1) is 7.99. The van der Waals surface area contributed by atoms with Crippen LogP contribution in [0.4, 0.5) is 0 Å². The van der Waals surface area contributed by atoms with Crippen LogP contribution in [-0.4, -0.2) is 15.8 Å². The van der Waals surface area contributed by atoms with Crippen LogP contribution in [0.25, 0.3) is 0 Å². The molecule has 1 amide bonds. The summed E-state index contributed by atoms with van der Waals surface area (Å²) in [5.41, 5.74) is -0.528. The Hall–Kier alpha value is -0.760. The number of halogens is 2. The second-order valence-corrected chi connectivity index (χ2v) is 5.26. The van der Waals surface area contributed by atoms with Crippen LogP contribution in [-0.2, 0) is 0 Å². The minimum absolute atomic E-state index is 0.128. The maximum atomic E-state index is 12.0. The number of hydrogen-bond donors (Lipinski definition) is 1. The zero-order valence-electron chi connectivity index (χ0n) is 9.51. The van der Waals surface area contributed by atoms with Gasteiger partial charge >= 0.3 is 0 Å². The van der Waals surface area contributed by atoms with E-state index in [-0.39, 0.29) is 16.6 Å². The summed E-state index contributed by atoms with van der Waals surface area (Å²) in [5, 5.41) is 2.95. The molecule has 17 heavy (non-hydrogen) atoms. The fourth-order valence-electron chi connectivity index (χ4n) is 1.34. The predicted molar refractivity (Wildman–Crippen MR) is 71.7 cm³/mol. The molecule has 0 aromatic carbocycles. The lowest BCUT2D eigenvalue weighted by Crippen LogP contribution is -2.46. The Kier molecular flexibility index (Phi) is 4.81. The van der Waals surface area contributed by atoms with E-state index in [1.165, 1.54) is 0 Å². The number of aromatic nitrogens is 1. The molecule has 0 aliphatic carbocycles. The van der Waals surface area contributed by atoms with Crippen molar-refractivity contribution >= 4 is 40.6 Å². The number of amides is 1. The summed E-state index contributed by atoms with van der Waals surface area (Å²) in [5.74, 6) is 2.22. The standard InChI is InChI=1S/C11H12Cl2N2OS/c1-4-11(5-2,6-3)14-10(16)8-7(12)9(13)17-15-8/h1H,5-6H2,2-3H3,(H,14,16). The maximum Gasteiger partial charge on any atom is 0.273 e. The van der Waals surface area contributed by atoms with Crippen molar-refractivity contribution < 1.29 is 4.79 Å². The van der Waals surface area contributed by atoms with Crippen LogP contribution >= 0.6 is 34.7 Å². The van der Waals surface area contributed by atoms with E-state index in [4.69, 9.17) is 29.6 Å². The van der Waals surface area contributed by atoms with Crippen LogP contribution in [0.5, 0.6) is 0 Å². The lowest BCUT2D eigenvalue weighted by molar-refractivity contribution is 0.0912. The van der Waals surface area contributed by atoms with Gasteiger partial charge in [-0.25, -0.2) is 0 Å². The molecule has 1 heterocycles. The maximum absolute atomic E-state index is 12.0. The second kappa shape index (κ2) is 5.72. The first-order valence-electron chi connectivity index (χ1n) is 5.10. The van der Waals surface area contributed by atoms with Gasteiger partial charge in [-0.15, -0.1) is 6.42 Å². The zero-order chi connectivity index (χ0) is 13.1. The van der Waals surface area contributed by atoms with Gasteiger partial charge in [-0.2, -0.15) is 4.37 Å². The molecule has 0 saturated carbocycles. The third-order valence-corrected chi connectivity index (χ3v) is 4.26. The van der Waals surface area contributed by atoms with Gasteiger partial charge in [0.05, 0.1) is 0 Å². The van der Waals surface area contributed by atoms with Crippen LogP contribution < -0.4 is 5.32 Å². The van der Waals surface area contributed by atoms with E-state index in [1.54, 1.807) is 0 Å². The van der Waals surface area contributed by atoms with Crippen molar-refractivity contribution in [2.45, 2.75) is 32.2 Å². The third kappa shape index (κ3) is 2.92. The van der Waals surface area contributed by atoms with E-state index in [9.17, 15) is 4.79 Å². The van der Waals surface area contributed by atoms with Crippen LogP contribution in [0.15, 0.2) is 0 Å². The average Bonchev–Trinajstić information content (AvgIpc) is 2.67. The first-order valence-corrected chi connectivity index (χ1v) is 6.63. The lowest BCUT2D eigenvalue weighted by Gasteiger charge is -2.26. The number of hydrogen-bond acceptors (Lipinski definition) is 3. The molecule has 0 saturated heterocycles. The molecule has 1 aromatic heterocycles. The highest BCUT2D eigenvalue weighted by Crippen LogP contribution is 2.29. The largest absolute Gasteiger partial charge is 0.334 e. The molecule has 92 valence electrons. The van der Waals surface area contributed by atoms with Crippen LogP contribution in [0.3, 0.4) is 0 Å². The normalized spacial score (nSPS) is 11.0. The fraction of sp³-hybridized carbons (Fsp3) is 0.455. The SMILES string of the molecule is C#CC(CC)(CC)NC(=O)c1nsc(Cl)c1Cl. The highest BCUT2D eigenvalue weighted by atomic mass is 35.5. The minimum atomic E-state index is -0.656. The van der Waals surface area contributed by atoms with Crippen molar-refractivity contribution in [2.24, 2.45) is 0 Å². The monoisotopic (exact) mass is 290 g/mol. The molecule has 0 atom stereocenters. The van der Waals surface area contributed by atoms with Crippen LogP contribution in [0.1, 0.15) is 37.2 Å². The van der Waals surface area contributed by atoms with Gasteiger partial charge in [0.2, 0.25) is 0 Å². The van der Waals surface area contributed by atoms with Gasteiger partial charge in [0.1, 0.15) is 14.9 Å². The molecule has 0 spiro atoms. The second-order valence-electron chi connectivity index (χ2n) is 3.51. The Morgan fingerprint density at radius 2 is 2.12 bits per heavy atom. The fourth-order valence-corrected chi connectivity index (χ4v) is 2.34. The van der Waals surface area contributed by atoms with Crippen LogP contribution in [0, 0.1) is 12.3 Å². The number of terminal acetylenes is 1. The molecule has 1 N–H and O–H groups in total. The number of nitrogens with one attached hydrogen (secondary N) is 1. The van der Waals surface area contributed by atoms with Gasteiger partial charge in [0.25, 0.3) is 5.91 Å². The summed E-state index contributed by atoms with van der Waals surface area (Å²) in [6.45, 7) is 3.83. The molecular formula is C11H12Cl2N2OS. The predicted octanol–water partition coefficient (Wildman–Crippen LogP) is 3.37. The van der Waals surface area contributed by atoms with E-state index < -0.39 is 5.54 Å².